The summed E-state index contributed by atoms with van der Waals surface area (Å²) in [7, 11) is 0. The molecule has 1 heterocycles. The summed E-state index contributed by atoms with van der Waals surface area (Å²) < 4.78 is 9.46. The predicted octanol–water partition coefficient (Wildman–Crippen LogP) is -3.30. The van der Waals surface area contributed by atoms with E-state index < -0.39 is 67.1 Å². The summed E-state index contributed by atoms with van der Waals surface area (Å²) in [6.07, 6.45) is -7.61. The van der Waals surface area contributed by atoms with Crippen LogP contribution in [-0.2, 0) is 23.9 Å². The molecular formula is C13H21NO10. The third kappa shape index (κ3) is 4.85. The van der Waals surface area contributed by atoms with Crippen molar-refractivity contribution in [3.05, 3.63) is 0 Å². The molecule has 1 fully saturated rings. The lowest BCUT2D eigenvalue weighted by Crippen LogP contribution is -2.67. The third-order valence-corrected chi connectivity index (χ3v) is 3.48. The van der Waals surface area contributed by atoms with E-state index in [2.05, 4.69) is 10.1 Å². The first-order valence-corrected chi connectivity index (χ1v) is 7.06. The molecule has 11 heteroatoms. The van der Waals surface area contributed by atoms with Crippen molar-refractivity contribution in [1.82, 2.24) is 5.32 Å². The number of ether oxygens (including phenoxy) is 2. The fraction of sp³-hybridized carbons (Fsp3) is 0.769. The molecule has 0 aromatic rings. The van der Waals surface area contributed by atoms with Gasteiger partial charge in [0, 0.05) is 20.3 Å². The Hall–Kier alpha value is -1.79. The number of rotatable bonds is 6. The molecule has 0 saturated carbocycles. The standard InChI is InChI=1S/C13H21NO10/c1-5(15)14-9-7(17)3-13(22,12(20)21)24-11(9)10(19)8(18)4-23-6(2)16/h7-11,17-19,22H,3-4H2,1-2H3,(H,14,15)(H,20,21)/t7?,8-,9-,10-,11+,13?/m1/s1. The molecule has 1 rings (SSSR count). The van der Waals surface area contributed by atoms with Crippen molar-refractivity contribution >= 4 is 17.8 Å². The number of aliphatic carboxylic acids is 1. The molecule has 0 aliphatic carbocycles. The average Bonchev–Trinajstić information content (AvgIpc) is 2.46. The van der Waals surface area contributed by atoms with Crippen molar-refractivity contribution in [2.24, 2.45) is 0 Å². The number of carbonyl (C=O) groups is 3. The highest BCUT2D eigenvalue weighted by atomic mass is 16.7. The maximum absolute atomic E-state index is 11.2. The Labute approximate surface area is 136 Å². The topological polar surface area (TPSA) is 183 Å². The maximum atomic E-state index is 11.2. The molecule has 6 atom stereocenters. The Balaban J connectivity index is 3.01. The number of aliphatic hydroxyl groups excluding tert-OH is 3. The second kappa shape index (κ2) is 7.85. The molecule has 138 valence electrons. The lowest BCUT2D eigenvalue weighted by Gasteiger charge is -2.44. The minimum absolute atomic E-state index is 0.616. The third-order valence-electron chi connectivity index (χ3n) is 3.48. The molecule has 24 heavy (non-hydrogen) atoms. The van der Waals surface area contributed by atoms with Gasteiger partial charge in [0.05, 0.1) is 12.1 Å². The van der Waals surface area contributed by atoms with Gasteiger partial charge in [-0.1, -0.05) is 0 Å². The summed E-state index contributed by atoms with van der Waals surface area (Å²) in [6, 6.07) is -1.30. The van der Waals surface area contributed by atoms with Crippen LogP contribution in [-0.4, -0.2) is 86.2 Å². The Bertz CT molecular complexity index is 497. The normalized spacial score (nSPS) is 32.5. The van der Waals surface area contributed by atoms with Crippen LogP contribution in [0.3, 0.4) is 0 Å². The van der Waals surface area contributed by atoms with Crippen LogP contribution in [0.1, 0.15) is 20.3 Å². The van der Waals surface area contributed by atoms with Crippen molar-refractivity contribution in [2.45, 2.75) is 56.5 Å². The number of carbonyl (C=O) groups excluding carboxylic acids is 2. The molecule has 2 unspecified atom stereocenters. The predicted molar refractivity (Wildman–Crippen MR) is 74.3 cm³/mol. The molecule has 0 aromatic heterocycles. The first-order chi connectivity index (χ1) is 11.0. The van der Waals surface area contributed by atoms with Crippen molar-refractivity contribution in [2.75, 3.05) is 6.61 Å². The van der Waals surface area contributed by atoms with E-state index in [-0.39, 0.29) is 0 Å². The summed E-state index contributed by atoms with van der Waals surface area (Å²) >= 11 is 0. The lowest BCUT2D eigenvalue weighted by molar-refractivity contribution is -0.295. The van der Waals surface area contributed by atoms with Crippen LogP contribution >= 0.6 is 0 Å². The molecule has 0 aromatic carbocycles. The number of esters is 1. The smallest absolute Gasteiger partial charge is 0.364 e. The van der Waals surface area contributed by atoms with E-state index in [1.807, 2.05) is 0 Å². The number of carboxylic acid groups (broad SMARTS) is 1. The monoisotopic (exact) mass is 351 g/mol. The lowest BCUT2D eigenvalue weighted by atomic mass is 9.88. The number of aliphatic hydroxyl groups is 4. The highest BCUT2D eigenvalue weighted by molar-refractivity contribution is 5.76. The van der Waals surface area contributed by atoms with E-state index in [1.54, 1.807) is 0 Å². The molecule has 1 amide bonds. The SMILES string of the molecule is CC(=O)N[C@@H]1C(O)CC(O)(C(=O)O)O[C@@H]1[C@H](O)[C@H](O)COC(C)=O. The molecule has 6 N–H and O–H groups in total. The number of nitrogens with one attached hydrogen (secondary N) is 1. The van der Waals surface area contributed by atoms with Gasteiger partial charge in [0.1, 0.15) is 24.9 Å². The Morgan fingerprint density at radius 1 is 1.33 bits per heavy atom. The second-order valence-corrected chi connectivity index (χ2v) is 5.53. The van der Waals surface area contributed by atoms with E-state index in [4.69, 9.17) is 9.84 Å². The van der Waals surface area contributed by atoms with Crippen molar-refractivity contribution in [3.63, 3.8) is 0 Å². The summed E-state index contributed by atoms with van der Waals surface area (Å²) in [4.78, 5) is 33.1. The van der Waals surface area contributed by atoms with Gasteiger partial charge in [-0.3, -0.25) is 9.59 Å². The van der Waals surface area contributed by atoms with Crippen molar-refractivity contribution in [1.29, 1.82) is 0 Å². The molecule has 1 aliphatic rings. The Morgan fingerprint density at radius 3 is 2.38 bits per heavy atom. The number of carboxylic acids is 1. The van der Waals surface area contributed by atoms with E-state index in [0.717, 1.165) is 13.8 Å². The molecule has 1 aliphatic heterocycles. The summed E-state index contributed by atoms with van der Waals surface area (Å²) in [5.74, 6) is -5.97. The quantitative estimate of drug-likeness (QED) is 0.265. The van der Waals surface area contributed by atoms with Crippen LogP contribution in [0, 0.1) is 0 Å². The van der Waals surface area contributed by atoms with Crippen LogP contribution in [0.5, 0.6) is 0 Å². The van der Waals surface area contributed by atoms with Gasteiger partial charge in [-0.05, 0) is 0 Å². The zero-order valence-electron chi connectivity index (χ0n) is 13.1. The second-order valence-electron chi connectivity index (χ2n) is 5.53. The van der Waals surface area contributed by atoms with E-state index in [0.29, 0.717) is 0 Å². The first kappa shape index (κ1) is 20.3. The molecular weight excluding hydrogens is 330 g/mol. The van der Waals surface area contributed by atoms with E-state index in [9.17, 15) is 34.8 Å². The molecule has 0 bridgehead atoms. The Kier molecular flexibility index (Phi) is 6.63. The highest BCUT2D eigenvalue weighted by Crippen LogP contribution is 2.30. The van der Waals surface area contributed by atoms with Crippen LogP contribution in [0.2, 0.25) is 0 Å². The minimum atomic E-state index is -2.82. The van der Waals surface area contributed by atoms with Crippen LogP contribution in [0.25, 0.3) is 0 Å². The molecule has 0 radical (unpaired) electrons. The van der Waals surface area contributed by atoms with E-state index >= 15 is 0 Å². The summed E-state index contributed by atoms with van der Waals surface area (Å²) in [5.41, 5.74) is 0. The maximum Gasteiger partial charge on any atom is 0.364 e. The fourth-order valence-electron chi connectivity index (χ4n) is 2.33. The largest absolute Gasteiger partial charge is 0.477 e. The first-order valence-electron chi connectivity index (χ1n) is 7.06. The van der Waals surface area contributed by atoms with Crippen LogP contribution in [0.4, 0.5) is 0 Å². The fourth-order valence-corrected chi connectivity index (χ4v) is 2.33. The zero-order valence-corrected chi connectivity index (χ0v) is 13.1. The van der Waals surface area contributed by atoms with Gasteiger partial charge in [0.15, 0.2) is 0 Å². The van der Waals surface area contributed by atoms with Crippen molar-refractivity contribution in [3.8, 4) is 0 Å². The number of amides is 1. The minimum Gasteiger partial charge on any atom is -0.477 e. The molecule has 0 spiro atoms. The molecule has 11 nitrogen and oxygen atoms in total. The molecule has 1 saturated heterocycles. The van der Waals surface area contributed by atoms with Gasteiger partial charge >= 0.3 is 11.9 Å². The average molecular weight is 351 g/mol. The van der Waals surface area contributed by atoms with Gasteiger partial charge in [0.25, 0.3) is 5.79 Å². The van der Waals surface area contributed by atoms with E-state index in [1.165, 1.54) is 0 Å². The summed E-state index contributed by atoms with van der Waals surface area (Å²) in [6.45, 7) is 1.55. The number of hydrogen-bond donors (Lipinski definition) is 6. The number of hydrogen-bond acceptors (Lipinski definition) is 9. The van der Waals surface area contributed by atoms with Crippen molar-refractivity contribution < 1.29 is 49.4 Å². The summed E-state index contributed by atoms with van der Waals surface area (Å²) in [5, 5.41) is 51.2. The van der Waals surface area contributed by atoms with Gasteiger partial charge < -0.3 is 40.3 Å². The Morgan fingerprint density at radius 2 is 1.92 bits per heavy atom. The zero-order chi connectivity index (χ0) is 18.7. The van der Waals surface area contributed by atoms with Gasteiger partial charge in [0.2, 0.25) is 5.91 Å². The van der Waals surface area contributed by atoms with Crippen LogP contribution in [0.15, 0.2) is 0 Å². The highest BCUT2D eigenvalue weighted by Gasteiger charge is 2.53. The van der Waals surface area contributed by atoms with Gasteiger partial charge in [-0.25, -0.2) is 4.79 Å². The van der Waals surface area contributed by atoms with Crippen LogP contribution < -0.4 is 5.32 Å². The van der Waals surface area contributed by atoms with Gasteiger partial charge in [-0.2, -0.15) is 0 Å². The van der Waals surface area contributed by atoms with Gasteiger partial charge in [-0.15, -0.1) is 0 Å².